The number of ether oxygens (including phenoxy) is 2. The third-order valence-electron chi connectivity index (χ3n) is 6.48. The first-order chi connectivity index (χ1) is 14.2. The number of rotatable bonds is 22. The van der Waals surface area contributed by atoms with Gasteiger partial charge in [-0.05, 0) is 12.8 Å². The van der Waals surface area contributed by atoms with E-state index in [1.807, 2.05) is 0 Å². The van der Waals surface area contributed by atoms with Crippen molar-refractivity contribution in [1.82, 2.24) is 0 Å². The van der Waals surface area contributed by atoms with E-state index in [1.165, 1.54) is 129 Å². The van der Waals surface area contributed by atoms with Crippen LogP contribution in [0.2, 0.25) is 0 Å². The maximum Gasteiger partial charge on any atom is 0.340 e. The molecule has 0 radical (unpaired) electrons. The molecular formula is C26H50O3. The van der Waals surface area contributed by atoms with Gasteiger partial charge < -0.3 is 9.47 Å². The quantitative estimate of drug-likeness (QED) is 0.103. The van der Waals surface area contributed by atoms with Gasteiger partial charge in [-0.3, -0.25) is 0 Å². The topological polar surface area (TPSA) is 38.8 Å². The number of carbonyl (C=O) groups excluding carboxylic acids is 1. The van der Waals surface area contributed by atoms with Crippen LogP contribution in [0.3, 0.4) is 0 Å². The summed E-state index contributed by atoms with van der Waals surface area (Å²) in [4.78, 5) is 11.6. The van der Waals surface area contributed by atoms with E-state index in [9.17, 15) is 4.79 Å². The molecule has 1 atom stereocenters. The molecule has 172 valence electrons. The lowest BCUT2D eigenvalue weighted by Crippen LogP contribution is -2.25. The zero-order chi connectivity index (χ0) is 21.0. The molecule has 0 bridgehead atoms. The minimum Gasteiger partial charge on any atom is -0.467 e. The van der Waals surface area contributed by atoms with Crippen LogP contribution in [0.5, 0.6) is 0 Å². The van der Waals surface area contributed by atoms with E-state index in [4.69, 9.17) is 9.47 Å². The summed E-state index contributed by atoms with van der Waals surface area (Å²) in [6.45, 7) is 2.84. The minimum atomic E-state index is -0.566. The van der Waals surface area contributed by atoms with Crippen LogP contribution in [-0.2, 0) is 14.3 Å². The second-order valence-corrected chi connectivity index (χ2v) is 9.24. The highest BCUT2D eigenvalue weighted by molar-refractivity contribution is 5.82. The Kier molecular flexibility index (Phi) is 16.6. The molecule has 1 rings (SSSR count). The second kappa shape index (κ2) is 18.2. The molecule has 0 aromatic rings. The van der Waals surface area contributed by atoms with E-state index in [1.54, 1.807) is 0 Å². The van der Waals surface area contributed by atoms with Crippen molar-refractivity contribution in [2.45, 2.75) is 147 Å². The van der Waals surface area contributed by atoms with Crippen molar-refractivity contribution in [3.63, 3.8) is 0 Å². The highest BCUT2D eigenvalue weighted by Gasteiger charge is 2.52. The van der Waals surface area contributed by atoms with Crippen LogP contribution < -0.4 is 0 Å². The molecule has 0 saturated carbocycles. The van der Waals surface area contributed by atoms with Gasteiger partial charge in [-0.1, -0.05) is 129 Å². The first kappa shape index (κ1) is 26.5. The molecule has 1 fully saturated rings. The summed E-state index contributed by atoms with van der Waals surface area (Å²) in [6, 6.07) is 0. The van der Waals surface area contributed by atoms with Crippen LogP contribution in [0.15, 0.2) is 0 Å². The third-order valence-corrected chi connectivity index (χ3v) is 6.48. The number of hydrogen-bond donors (Lipinski definition) is 0. The van der Waals surface area contributed by atoms with Gasteiger partial charge in [0.25, 0.3) is 0 Å². The first-order valence-electron chi connectivity index (χ1n) is 13.0. The average molecular weight is 411 g/mol. The Morgan fingerprint density at radius 2 is 0.966 bits per heavy atom. The molecule has 1 aliphatic heterocycles. The summed E-state index contributed by atoms with van der Waals surface area (Å²) < 4.78 is 10.1. The lowest BCUT2D eigenvalue weighted by atomic mass is 10.0. The predicted octanol–water partition coefficient (Wildman–Crippen LogP) is 8.14. The standard InChI is InChI=1S/C26H50O3/c1-3-4-5-6-7-8-9-10-11-12-13-14-15-16-17-18-19-20-21-22-23-26(24-29-26)25(27)28-2/h3-24H2,1-2H3. The Bertz CT molecular complexity index is 376. The van der Waals surface area contributed by atoms with E-state index < -0.39 is 5.60 Å². The van der Waals surface area contributed by atoms with Crippen molar-refractivity contribution in [2.24, 2.45) is 0 Å². The Morgan fingerprint density at radius 3 is 1.24 bits per heavy atom. The van der Waals surface area contributed by atoms with Crippen LogP contribution in [-0.4, -0.2) is 25.3 Å². The number of carbonyl (C=O) groups is 1. The molecule has 1 aliphatic rings. The normalized spacial score (nSPS) is 18.1. The summed E-state index contributed by atoms with van der Waals surface area (Å²) in [5.41, 5.74) is -0.566. The largest absolute Gasteiger partial charge is 0.467 e. The monoisotopic (exact) mass is 410 g/mol. The summed E-state index contributed by atoms with van der Waals surface area (Å²) in [5, 5.41) is 0. The van der Waals surface area contributed by atoms with Gasteiger partial charge in [0, 0.05) is 0 Å². The van der Waals surface area contributed by atoms with Gasteiger partial charge in [-0.15, -0.1) is 0 Å². The van der Waals surface area contributed by atoms with Gasteiger partial charge in [-0.2, -0.15) is 0 Å². The summed E-state index contributed by atoms with van der Waals surface area (Å²) >= 11 is 0. The third kappa shape index (κ3) is 14.1. The number of epoxide rings is 1. The fourth-order valence-corrected chi connectivity index (χ4v) is 4.30. The van der Waals surface area contributed by atoms with Crippen molar-refractivity contribution < 1.29 is 14.3 Å². The summed E-state index contributed by atoms with van der Waals surface area (Å²) in [5.74, 6) is -0.185. The Balaban J connectivity index is 1.69. The van der Waals surface area contributed by atoms with E-state index in [-0.39, 0.29) is 5.97 Å². The molecule has 0 spiro atoms. The lowest BCUT2D eigenvalue weighted by Gasteiger charge is -2.08. The average Bonchev–Trinajstić information content (AvgIpc) is 3.52. The highest BCUT2D eigenvalue weighted by atomic mass is 16.6. The highest BCUT2D eigenvalue weighted by Crippen LogP contribution is 2.34. The van der Waals surface area contributed by atoms with Crippen LogP contribution in [0.1, 0.15) is 142 Å². The lowest BCUT2D eigenvalue weighted by molar-refractivity contribution is -0.147. The maximum absolute atomic E-state index is 11.6. The van der Waals surface area contributed by atoms with Crippen molar-refractivity contribution in [2.75, 3.05) is 13.7 Å². The molecule has 1 heterocycles. The molecule has 0 aliphatic carbocycles. The first-order valence-corrected chi connectivity index (χ1v) is 13.0. The van der Waals surface area contributed by atoms with Gasteiger partial charge in [0.2, 0.25) is 0 Å². The van der Waals surface area contributed by atoms with Gasteiger partial charge in [-0.25, -0.2) is 4.79 Å². The number of methoxy groups -OCH3 is 1. The zero-order valence-corrected chi connectivity index (χ0v) is 19.8. The minimum absolute atomic E-state index is 0.185. The number of esters is 1. The van der Waals surface area contributed by atoms with Gasteiger partial charge in [0.1, 0.15) is 0 Å². The zero-order valence-electron chi connectivity index (χ0n) is 19.8. The fourth-order valence-electron chi connectivity index (χ4n) is 4.30. The van der Waals surface area contributed by atoms with E-state index in [0.29, 0.717) is 6.61 Å². The van der Waals surface area contributed by atoms with Crippen LogP contribution >= 0.6 is 0 Å². The predicted molar refractivity (Wildman–Crippen MR) is 123 cm³/mol. The van der Waals surface area contributed by atoms with Gasteiger partial charge >= 0.3 is 5.97 Å². The molecule has 0 aromatic heterocycles. The molecule has 0 amide bonds. The molecule has 29 heavy (non-hydrogen) atoms. The van der Waals surface area contributed by atoms with Crippen molar-refractivity contribution in [3.8, 4) is 0 Å². The number of hydrogen-bond acceptors (Lipinski definition) is 3. The molecule has 1 saturated heterocycles. The molecular weight excluding hydrogens is 360 g/mol. The Morgan fingerprint density at radius 1 is 0.655 bits per heavy atom. The van der Waals surface area contributed by atoms with E-state index in [2.05, 4.69) is 6.92 Å². The van der Waals surface area contributed by atoms with Crippen LogP contribution in [0.25, 0.3) is 0 Å². The SMILES string of the molecule is CCCCCCCCCCCCCCCCCCCCCCC1(C(=O)OC)CO1. The van der Waals surface area contributed by atoms with E-state index >= 15 is 0 Å². The van der Waals surface area contributed by atoms with Crippen molar-refractivity contribution in [3.05, 3.63) is 0 Å². The smallest absolute Gasteiger partial charge is 0.340 e. The number of unbranched alkanes of at least 4 members (excludes halogenated alkanes) is 19. The molecule has 0 aromatic carbocycles. The van der Waals surface area contributed by atoms with Crippen molar-refractivity contribution in [1.29, 1.82) is 0 Å². The Labute approximate surface area is 181 Å². The summed E-state index contributed by atoms with van der Waals surface area (Å²) in [7, 11) is 1.45. The van der Waals surface area contributed by atoms with Crippen molar-refractivity contribution >= 4 is 5.97 Å². The molecule has 3 nitrogen and oxygen atoms in total. The Hall–Kier alpha value is -0.570. The second-order valence-electron chi connectivity index (χ2n) is 9.24. The fraction of sp³-hybridized carbons (Fsp3) is 0.962. The van der Waals surface area contributed by atoms with E-state index in [0.717, 1.165) is 12.8 Å². The maximum atomic E-state index is 11.6. The van der Waals surface area contributed by atoms with Crippen LogP contribution in [0.4, 0.5) is 0 Å². The molecule has 0 N–H and O–H groups in total. The molecule has 3 heteroatoms. The van der Waals surface area contributed by atoms with Crippen LogP contribution in [0, 0.1) is 0 Å². The van der Waals surface area contributed by atoms with Gasteiger partial charge in [0.15, 0.2) is 5.60 Å². The summed E-state index contributed by atoms with van der Waals surface area (Å²) in [6.07, 6.45) is 28.7. The molecule has 1 unspecified atom stereocenters. The van der Waals surface area contributed by atoms with Gasteiger partial charge in [0.05, 0.1) is 13.7 Å².